The topological polar surface area (TPSA) is 83.5 Å². The Balaban J connectivity index is 1.42. The van der Waals surface area contributed by atoms with Crippen LogP contribution in [-0.4, -0.2) is 26.0 Å². The van der Waals surface area contributed by atoms with Gasteiger partial charge in [0.05, 0.1) is 10.5 Å². The van der Waals surface area contributed by atoms with E-state index in [1.807, 2.05) is 6.07 Å². The van der Waals surface area contributed by atoms with E-state index in [9.17, 15) is 13.2 Å². The van der Waals surface area contributed by atoms with Gasteiger partial charge in [0.1, 0.15) is 0 Å². The Morgan fingerprint density at radius 3 is 2.48 bits per heavy atom. The summed E-state index contributed by atoms with van der Waals surface area (Å²) in [5.74, 6) is -0.397. The van der Waals surface area contributed by atoms with Gasteiger partial charge in [-0.15, -0.1) is 0 Å². The van der Waals surface area contributed by atoms with Crippen molar-refractivity contribution in [2.75, 3.05) is 6.54 Å². The molecule has 5 nitrogen and oxygen atoms in total. The molecule has 0 saturated heterocycles. The number of benzene rings is 2. The zero-order valence-electron chi connectivity index (χ0n) is 14.8. The van der Waals surface area contributed by atoms with Crippen LogP contribution >= 0.6 is 11.6 Å². The molecule has 0 spiro atoms. The minimum atomic E-state index is -3.50. The molecule has 1 aliphatic carbocycles. The molecular weight excluding hydrogens is 386 g/mol. The third-order valence-electron chi connectivity index (χ3n) is 4.93. The summed E-state index contributed by atoms with van der Waals surface area (Å²) in [6.45, 7) is 0.397. The molecule has 0 fully saturated rings. The van der Waals surface area contributed by atoms with E-state index in [0.29, 0.717) is 23.0 Å². The van der Waals surface area contributed by atoms with E-state index in [1.165, 1.54) is 17.7 Å². The number of carboxylic acid groups (broad SMARTS) is 1. The predicted octanol–water partition coefficient (Wildman–Crippen LogP) is 3.90. The number of unbranched alkanes of at least 4 members (excludes halogenated alkanes) is 1. The van der Waals surface area contributed by atoms with Gasteiger partial charge in [0.15, 0.2) is 0 Å². The SMILES string of the molecule is O=C(O)c1ccc2c(c1)CC(CCCCNS(=O)(=O)c1ccc(Cl)cc1)C2. The van der Waals surface area contributed by atoms with Gasteiger partial charge in [-0.2, -0.15) is 0 Å². The van der Waals surface area contributed by atoms with Crippen molar-refractivity contribution in [2.24, 2.45) is 5.92 Å². The molecule has 2 N–H and O–H groups in total. The van der Waals surface area contributed by atoms with Gasteiger partial charge < -0.3 is 5.11 Å². The molecule has 0 bridgehead atoms. The number of nitrogens with one attached hydrogen (secondary N) is 1. The molecule has 0 aromatic heterocycles. The van der Waals surface area contributed by atoms with Crippen LogP contribution < -0.4 is 4.72 Å². The summed E-state index contributed by atoms with van der Waals surface area (Å²) in [7, 11) is -3.50. The van der Waals surface area contributed by atoms with Crippen LogP contribution in [0.3, 0.4) is 0 Å². The van der Waals surface area contributed by atoms with Gasteiger partial charge >= 0.3 is 5.97 Å². The van der Waals surface area contributed by atoms with Crippen LogP contribution in [0.25, 0.3) is 0 Å². The van der Waals surface area contributed by atoms with Gasteiger partial charge in [-0.3, -0.25) is 0 Å². The Kier molecular flexibility index (Phi) is 6.19. The quantitative estimate of drug-likeness (QED) is 0.650. The van der Waals surface area contributed by atoms with Gasteiger partial charge in [0.2, 0.25) is 10.0 Å². The normalized spacial score (nSPS) is 16.3. The Morgan fingerprint density at radius 1 is 1.07 bits per heavy atom. The molecule has 1 unspecified atom stereocenters. The summed E-state index contributed by atoms with van der Waals surface area (Å²) < 4.78 is 27.0. The molecule has 0 amide bonds. The first-order valence-electron chi connectivity index (χ1n) is 8.95. The van der Waals surface area contributed by atoms with Crippen molar-refractivity contribution >= 4 is 27.6 Å². The van der Waals surface area contributed by atoms with Crippen LogP contribution in [0.15, 0.2) is 47.4 Å². The van der Waals surface area contributed by atoms with E-state index in [-0.39, 0.29) is 4.90 Å². The van der Waals surface area contributed by atoms with Gasteiger partial charge in [-0.1, -0.05) is 24.1 Å². The summed E-state index contributed by atoms with van der Waals surface area (Å²) in [5, 5.41) is 9.58. The maximum atomic E-state index is 12.2. The third kappa shape index (κ3) is 5.09. The molecule has 2 aromatic rings. The fraction of sp³-hybridized carbons (Fsp3) is 0.350. The second-order valence-corrected chi connectivity index (χ2v) is 9.11. The van der Waals surface area contributed by atoms with Crippen molar-refractivity contribution in [3.05, 3.63) is 64.2 Å². The van der Waals surface area contributed by atoms with Crippen LogP contribution in [0.4, 0.5) is 0 Å². The highest BCUT2D eigenvalue weighted by Gasteiger charge is 2.22. The minimum absolute atomic E-state index is 0.215. The molecule has 27 heavy (non-hydrogen) atoms. The summed E-state index contributed by atoms with van der Waals surface area (Å²) in [4.78, 5) is 11.3. The van der Waals surface area contributed by atoms with Crippen LogP contribution in [0.5, 0.6) is 0 Å². The first-order chi connectivity index (χ1) is 12.8. The van der Waals surface area contributed by atoms with Crippen molar-refractivity contribution < 1.29 is 18.3 Å². The Morgan fingerprint density at radius 2 is 1.78 bits per heavy atom. The van der Waals surface area contributed by atoms with E-state index in [2.05, 4.69) is 4.72 Å². The molecule has 0 saturated carbocycles. The monoisotopic (exact) mass is 407 g/mol. The molecule has 0 aliphatic heterocycles. The number of sulfonamides is 1. The standard InChI is InChI=1S/C20H22ClNO4S/c21-18-6-8-19(9-7-18)27(25,26)22-10-2-1-3-14-11-15-4-5-16(20(23)24)13-17(15)12-14/h4-9,13-14,22H,1-3,10-12H2,(H,23,24). The Hall–Kier alpha value is -1.89. The van der Waals surface area contributed by atoms with Gasteiger partial charge in [-0.25, -0.2) is 17.9 Å². The fourth-order valence-corrected chi connectivity index (χ4v) is 4.71. The van der Waals surface area contributed by atoms with E-state index >= 15 is 0 Å². The summed E-state index contributed by atoms with van der Waals surface area (Å²) >= 11 is 5.78. The lowest BCUT2D eigenvalue weighted by molar-refractivity contribution is 0.0696. The molecule has 7 heteroatoms. The first-order valence-corrected chi connectivity index (χ1v) is 10.8. The lowest BCUT2D eigenvalue weighted by Crippen LogP contribution is -2.24. The van der Waals surface area contributed by atoms with Crippen molar-refractivity contribution in [1.82, 2.24) is 4.72 Å². The van der Waals surface area contributed by atoms with Gasteiger partial charge in [0, 0.05) is 11.6 Å². The second kappa shape index (κ2) is 8.42. The van der Waals surface area contributed by atoms with Crippen molar-refractivity contribution in [2.45, 2.75) is 37.0 Å². The highest BCUT2D eigenvalue weighted by molar-refractivity contribution is 7.89. The Labute approximate surface area is 164 Å². The number of hydrogen-bond donors (Lipinski definition) is 2. The molecule has 0 heterocycles. The number of aromatic carboxylic acids is 1. The molecule has 2 aromatic carbocycles. The van der Waals surface area contributed by atoms with Crippen molar-refractivity contribution in [1.29, 1.82) is 0 Å². The van der Waals surface area contributed by atoms with Crippen LogP contribution in [0.1, 0.15) is 40.7 Å². The predicted molar refractivity (Wildman–Crippen MR) is 105 cm³/mol. The molecule has 3 rings (SSSR count). The number of carbonyl (C=O) groups is 1. The van der Waals surface area contributed by atoms with Crippen molar-refractivity contribution in [3.8, 4) is 0 Å². The summed E-state index contributed by atoms with van der Waals surface area (Å²) in [6.07, 6.45) is 4.55. The van der Waals surface area contributed by atoms with E-state index in [0.717, 1.165) is 37.7 Å². The maximum absolute atomic E-state index is 12.2. The van der Waals surface area contributed by atoms with E-state index in [4.69, 9.17) is 16.7 Å². The molecular formula is C20H22ClNO4S. The largest absolute Gasteiger partial charge is 0.478 e. The second-order valence-electron chi connectivity index (χ2n) is 6.91. The highest BCUT2D eigenvalue weighted by Crippen LogP contribution is 2.30. The van der Waals surface area contributed by atoms with Crippen LogP contribution in [0, 0.1) is 5.92 Å². The summed E-state index contributed by atoms with van der Waals surface area (Å²) in [5.41, 5.74) is 2.70. The smallest absolute Gasteiger partial charge is 0.335 e. The molecule has 144 valence electrons. The lowest BCUT2D eigenvalue weighted by Gasteiger charge is -2.10. The van der Waals surface area contributed by atoms with Gasteiger partial charge in [-0.05, 0) is 79.1 Å². The molecule has 1 atom stereocenters. The average molecular weight is 408 g/mol. The Bertz CT molecular complexity index is 925. The number of fused-ring (bicyclic) bond motifs is 1. The van der Waals surface area contributed by atoms with Gasteiger partial charge in [0.25, 0.3) is 0 Å². The third-order valence-corrected chi connectivity index (χ3v) is 6.65. The molecule has 0 radical (unpaired) electrons. The van der Waals surface area contributed by atoms with E-state index in [1.54, 1.807) is 24.3 Å². The highest BCUT2D eigenvalue weighted by atomic mass is 35.5. The first kappa shape index (κ1) is 19.9. The molecule has 1 aliphatic rings. The zero-order chi connectivity index (χ0) is 19.4. The maximum Gasteiger partial charge on any atom is 0.335 e. The zero-order valence-corrected chi connectivity index (χ0v) is 16.4. The number of halogens is 1. The number of rotatable bonds is 8. The van der Waals surface area contributed by atoms with Crippen molar-refractivity contribution in [3.63, 3.8) is 0 Å². The minimum Gasteiger partial charge on any atom is -0.478 e. The van der Waals surface area contributed by atoms with Crippen LogP contribution in [-0.2, 0) is 22.9 Å². The number of carboxylic acids is 1. The summed E-state index contributed by atoms with van der Waals surface area (Å²) in [6, 6.07) is 11.5. The lowest BCUT2D eigenvalue weighted by atomic mass is 9.99. The fourth-order valence-electron chi connectivity index (χ4n) is 3.51. The number of hydrogen-bond acceptors (Lipinski definition) is 3. The average Bonchev–Trinajstić information content (AvgIpc) is 3.03. The van der Waals surface area contributed by atoms with Crippen LogP contribution in [0.2, 0.25) is 5.02 Å². The van der Waals surface area contributed by atoms with E-state index < -0.39 is 16.0 Å².